The molecule has 3 aromatic carbocycles. The van der Waals surface area contributed by atoms with Crippen molar-refractivity contribution in [1.29, 1.82) is 0 Å². The van der Waals surface area contributed by atoms with Gasteiger partial charge in [0.2, 0.25) is 0 Å². The quantitative estimate of drug-likeness (QED) is 0.503. The van der Waals surface area contributed by atoms with Crippen molar-refractivity contribution < 1.29 is 4.42 Å². The van der Waals surface area contributed by atoms with Crippen molar-refractivity contribution in [3.63, 3.8) is 0 Å². The number of fused-ring (bicyclic) bond motifs is 1. The molecule has 1 heterocycles. The lowest BCUT2D eigenvalue weighted by atomic mass is 10.00. The summed E-state index contributed by atoms with van der Waals surface area (Å²) in [6, 6.07) is 24.9. The van der Waals surface area contributed by atoms with Crippen LogP contribution in [-0.2, 0) is 0 Å². The monoisotopic (exact) mass is 271 g/mol. The van der Waals surface area contributed by atoms with Crippen LogP contribution in [0.5, 0.6) is 0 Å². The van der Waals surface area contributed by atoms with E-state index in [9.17, 15) is 0 Å². The van der Waals surface area contributed by atoms with E-state index < -0.39 is 0 Å². The fraction of sp³-hybridized carbons (Fsp3) is 0. The Labute approximate surface area is 122 Å². The zero-order valence-corrected chi connectivity index (χ0v) is 11.4. The molecule has 0 fully saturated rings. The Bertz CT molecular complexity index is 876. The highest BCUT2D eigenvalue weighted by molar-refractivity contribution is 5.90. The smallest absolute Gasteiger partial charge is 0.182 e. The topological polar surface area (TPSA) is 26.0 Å². The van der Waals surface area contributed by atoms with Gasteiger partial charge in [0, 0.05) is 5.56 Å². The minimum absolute atomic E-state index is 0.819. The molecule has 0 saturated carbocycles. The molecule has 2 nitrogen and oxygen atoms in total. The first-order valence-corrected chi connectivity index (χ1v) is 6.90. The second-order valence-corrected chi connectivity index (χ2v) is 4.95. The van der Waals surface area contributed by atoms with Crippen LogP contribution >= 0.6 is 0 Å². The normalized spacial score (nSPS) is 10.9. The van der Waals surface area contributed by atoms with Gasteiger partial charge in [-0.15, -0.1) is 0 Å². The van der Waals surface area contributed by atoms with Crippen molar-refractivity contribution in [3.05, 3.63) is 79.2 Å². The predicted molar refractivity (Wildman–Crippen MR) is 84.9 cm³/mol. The lowest BCUT2D eigenvalue weighted by molar-refractivity contribution is 0.602. The summed E-state index contributed by atoms with van der Waals surface area (Å²) in [5.41, 5.74) is 6.41. The number of hydrogen-bond acceptors (Lipinski definition) is 2. The molecule has 0 amide bonds. The van der Waals surface area contributed by atoms with Crippen molar-refractivity contribution in [2.24, 2.45) is 0 Å². The van der Waals surface area contributed by atoms with Crippen LogP contribution in [0.25, 0.3) is 33.4 Å². The van der Waals surface area contributed by atoms with Crippen molar-refractivity contribution in [2.45, 2.75) is 0 Å². The van der Waals surface area contributed by atoms with Crippen LogP contribution in [-0.4, -0.2) is 4.98 Å². The van der Waals surface area contributed by atoms with Gasteiger partial charge in [-0.3, -0.25) is 0 Å². The fourth-order valence-corrected chi connectivity index (χ4v) is 2.59. The maximum absolute atomic E-state index is 5.36. The summed E-state index contributed by atoms with van der Waals surface area (Å²) in [5.74, 6) is 0. The predicted octanol–water partition coefficient (Wildman–Crippen LogP) is 5.16. The van der Waals surface area contributed by atoms with E-state index in [2.05, 4.69) is 59.6 Å². The Morgan fingerprint density at radius 3 is 2.14 bits per heavy atom. The van der Waals surface area contributed by atoms with Crippen LogP contribution in [0.4, 0.5) is 0 Å². The number of nitrogens with zero attached hydrogens (tertiary/aromatic N) is 1. The minimum atomic E-state index is 0.819. The molecule has 0 unspecified atom stereocenters. The average molecular weight is 271 g/mol. The third-order valence-electron chi connectivity index (χ3n) is 3.66. The zero-order valence-electron chi connectivity index (χ0n) is 11.4. The SMILES string of the molecule is c1ccc(-c2ccc(-c3cccc4ocnc34)cc2)cc1. The van der Waals surface area contributed by atoms with Crippen LogP contribution in [0.2, 0.25) is 0 Å². The second kappa shape index (κ2) is 4.91. The molecule has 0 atom stereocenters. The van der Waals surface area contributed by atoms with E-state index in [0.29, 0.717) is 0 Å². The minimum Gasteiger partial charge on any atom is -0.443 e. The van der Waals surface area contributed by atoms with E-state index >= 15 is 0 Å². The largest absolute Gasteiger partial charge is 0.443 e. The van der Waals surface area contributed by atoms with Gasteiger partial charge in [0.05, 0.1) is 0 Å². The van der Waals surface area contributed by atoms with Gasteiger partial charge in [-0.1, -0.05) is 66.7 Å². The van der Waals surface area contributed by atoms with Crippen LogP contribution in [0, 0.1) is 0 Å². The van der Waals surface area contributed by atoms with E-state index in [4.69, 9.17) is 4.42 Å². The summed E-state index contributed by atoms with van der Waals surface area (Å²) in [6.45, 7) is 0. The molecular formula is C19H13NO. The van der Waals surface area contributed by atoms with E-state index in [1.165, 1.54) is 17.5 Å². The number of aromatic nitrogens is 1. The molecule has 0 N–H and O–H groups in total. The summed E-state index contributed by atoms with van der Waals surface area (Å²) in [5, 5.41) is 0. The molecule has 4 aromatic rings. The van der Waals surface area contributed by atoms with Gasteiger partial charge in [-0.05, 0) is 22.8 Å². The molecule has 1 aromatic heterocycles. The highest BCUT2D eigenvalue weighted by Crippen LogP contribution is 2.29. The molecule has 100 valence electrons. The summed E-state index contributed by atoms with van der Waals surface area (Å²) < 4.78 is 5.36. The van der Waals surface area contributed by atoms with Gasteiger partial charge < -0.3 is 4.42 Å². The maximum Gasteiger partial charge on any atom is 0.182 e. The second-order valence-electron chi connectivity index (χ2n) is 4.95. The highest BCUT2D eigenvalue weighted by Gasteiger charge is 2.07. The van der Waals surface area contributed by atoms with E-state index in [1.54, 1.807) is 0 Å². The molecule has 0 saturated heterocycles. The van der Waals surface area contributed by atoms with Crippen molar-refractivity contribution >= 4 is 11.1 Å². The maximum atomic E-state index is 5.36. The Morgan fingerprint density at radius 1 is 0.619 bits per heavy atom. The van der Waals surface area contributed by atoms with Gasteiger partial charge in [-0.2, -0.15) is 0 Å². The van der Waals surface area contributed by atoms with Gasteiger partial charge in [0.15, 0.2) is 12.0 Å². The molecule has 2 heteroatoms. The van der Waals surface area contributed by atoms with Crippen LogP contribution in [0.1, 0.15) is 0 Å². The lowest BCUT2D eigenvalue weighted by Gasteiger charge is -2.05. The number of hydrogen-bond donors (Lipinski definition) is 0. The fourth-order valence-electron chi connectivity index (χ4n) is 2.59. The molecule has 21 heavy (non-hydrogen) atoms. The molecule has 0 bridgehead atoms. The summed E-state index contributed by atoms with van der Waals surface area (Å²) in [6.07, 6.45) is 1.49. The van der Waals surface area contributed by atoms with Crippen LogP contribution < -0.4 is 0 Å². The average Bonchev–Trinajstić information content (AvgIpc) is 3.04. The third kappa shape index (κ3) is 2.11. The van der Waals surface area contributed by atoms with E-state index in [0.717, 1.165) is 22.2 Å². The molecule has 4 rings (SSSR count). The molecule has 0 aliphatic rings. The van der Waals surface area contributed by atoms with Crippen molar-refractivity contribution in [2.75, 3.05) is 0 Å². The van der Waals surface area contributed by atoms with Crippen molar-refractivity contribution in [3.8, 4) is 22.3 Å². The van der Waals surface area contributed by atoms with Gasteiger partial charge in [0.1, 0.15) is 5.52 Å². The van der Waals surface area contributed by atoms with Gasteiger partial charge in [0.25, 0.3) is 0 Å². The molecule has 0 spiro atoms. The van der Waals surface area contributed by atoms with Gasteiger partial charge >= 0.3 is 0 Å². The molecule has 0 aliphatic carbocycles. The van der Waals surface area contributed by atoms with E-state index in [-0.39, 0.29) is 0 Å². The summed E-state index contributed by atoms with van der Waals surface area (Å²) >= 11 is 0. The van der Waals surface area contributed by atoms with Crippen molar-refractivity contribution in [1.82, 2.24) is 4.98 Å². The number of para-hydroxylation sites is 1. The first-order chi connectivity index (χ1) is 10.4. The van der Waals surface area contributed by atoms with Crippen LogP contribution in [0.3, 0.4) is 0 Å². The molecule has 0 radical (unpaired) electrons. The Kier molecular flexibility index (Phi) is 2.79. The third-order valence-corrected chi connectivity index (χ3v) is 3.66. The molecular weight excluding hydrogens is 258 g/mol. The Balaban J connectivity index is 1.79. The number of benzene rings is 3. The number of oxazole rings is 1. The summed E-state index contributed by atoms with van der Waals surface area (Å²) in [7, 11) is 0. The number of rotatable bonds is 2. The Morgan fingerprint density at radius 2 is 1.33 bits per heavy atom. The molecule has 0 aliphatic heterocycles. The summed E-state index contributed by atoms with van der Waals surface area (Å²) in [4.78, 5) is 4.31. The van der Waals surface area contributed by atoms with E-state index in [1.807, 2.05) is 18.2 Å². The Hall–Kier alpha value is -2.87. The zero-order chi connectivity index (χ0) is 14.1. The first-order valence-electron chi connectivity index (χ1n) is 6.90. The lowest BCUT2D eigenvalue weighted by Crippen LogP contribution is -1.82. The highest BCUT2D eigenvalue weighted by atomic mass is 16.3. The first kappa shape index (κ1) is 11.9. The van der Waals surface area contributed by atoms with Gasteiger partial charge in [-0.25, -0.2) is 4.98 Å². The standard InChI is InChI=1S/C19H13NO/c1-2-5-14(6-3-1)15-9-11-16(12-10-15)17-7-4-8-18-19(17)20-13-21-18/h1-13H. The van der Waals surface area contributed by atoms with Crippen LogP contribution in [0.15, 0.2) is 83.6 Å².